The molecule has 0 unspecified atom stereocenters. The van der Waals surface area contributed by atoms with Crippen molar-refractivity contribution in [1.29, 1.82) is 0 Å². The summed E-state index contributed by atoms with van der Waals surface area (Å²) >= 11 is 8.32. The number of halogens is 2. The van der Waals surface area contributed by atoms with Gasteiger partial charge >= 0.3 is 5.97 Å². The molecule has 0 bridgehead atoms. The van der Waals surface area contributed by atoms with E-state index >= 15 is 0 Å². The summed E-state index contributed by atoms with van der Waals surface area (Å²) < 4.78 is 8.15. The molecule has 1 aliphatic carbocycles. The maximum absolute atomic E-state index is 12.1. The lowest BCUT2D eigenvalue weighted by atomic mass is 9.75. The summed E-state index contributed by atoms with van der Waals surface area (Å²) in [6.45, 7) is 0.315. The molecular weight excluding hydrogens is 499 g/mol. The largest absolute Gasteiger partial charge is 0.462 e. The minimum absolute atomic E-state index is 0.0600. The van der Waals surface area contributed by atoms with E-state index in [9.17, 15) is 14.9 Å². The van der Waals surface area contributed by atoms with Crippen LogP contribution in [0.2, 0.25) is 5.15 Å². The third-order valence-electron chi connectivity index (χ3n) is 4.86. The van der Waals surface area contributed by atoms with Gasteiger partial charge in [0.2, 0.25) is 0 Å². The Hall–Kier alpha value is -2.27. The lowest BCUT2D eigenvalue weighted by Crippen LogP contribution is -2.28. The maximum atomic E-state index is 12.1. The molecule has 3 aromatic rings. The molecule has 0 radical (unpaired) electrons. The molecule has 0 amide bonds. The summed E-state index contributed by atoms with van der Waals surface area (Å²) in [5.41, 5.74) is 1.06. The normalized spacial score (nSPS) is 18.6. The van der Waals surface area contributed by atoms with Gasteiger partial charge in [0.05, 0.1) is 17.1 Å². The van der Waals surface area contributed by atoms with Crippen molar-refractivity contribution in [3.05, 3.63) is 67.0 Å². The number of carbonyl (C=O) groups is 1. The van der Waals surface area contributed by atoms with Crippen LogP contribution in [0.4, 0.5) is 5.69 Å². The van der Waals surface area contributed by atoms with Gasteiger partial charge in [-0.3, -0.25) is 14.5 Å². The number of aromatic nitrogens is 3. The van der Waals surface area contributed by atoms with Crippen molar-refractivity contribution >= 4 is 51.4 Å². The molecule has 0 aliphatic heterocycles. The van der Waals surface area contributed by atoms with Gasteiger partial charge in [0, 0.05) is 30.4 Å². The molecule has 8 nitrogen and oxygen atoms in total. The fourth-order valence-corrected chi connectivity index (χ4v) is 4.51. The van der Waals surface area contributed by atoms with Crippen LogP contribution in [-0.4, -0.2) is 31.9 Å². The maximum Gasteiger partial charge on any atom is 0.338 e. The zero-order valence-electron chi connectivity index (χ0n) is 14.4. The van der Waals surface area contributed by atoms with E-state index in [0.717, 1.165) is 27.9 Å². The van der Waals surface area contributed by atoms with Crippen LogP contribution in [0.5, 0.6) is 0 Å². The molecule has 144 valence electrons. The lowest BCUT2D eigenvalue weighted by Gasteiger charge is -2.33. The Morgan fingerprint density at radius 1 is 1.36 bits per heavy atom. The highest BCUT2D eigenvalue weighted by Gasteiger charge is 2.34. The second kappa shape index (κ2) is 7.63. The first-order valence-electron chi connectivity index (χ1n) is 8.53. The van der Waals surface area contributed by atoms with Crippen LogP contribution in [0.1, 0.15) is 34.9 Å². The van der Waals surface area contributed by atoms with Crippen LogP contribution < -0.4 is 0 Å². The molecule has 2 heterocycles. The van der Waals surface area contributed by atoms with Gasteiger partial charge in [-0.25, -0.2) is 14.8 Å². The van der Waals surface area contributed by atoms with Crippen LogP contribution >= 0.6 is 34.2 Å². The summed E-state index contributed by atoms with van der Waals surface area (Å²) in [6, 6.07) is 5.39. The van der Waals surface area contributed by atoms with E-state index in [4.69, 9.17) is 16.3 Å². The number of nitro groups is 1. The topological polar surface area (TPSA) is 99.6 Å². The standard InChI is InChI=1S/C18H14ClIN4O4/c19-15-14-16(20)22-17(23(14)6-5-21-15)12-7-10(8-12)9-28-18(25)11-1-3-13(4-2-11)24(26)27/h1-6,10,12H,7-9H2. The Balaban J connectivity index is 1.34. The molecule has 10 heteroatoms. The van der Waals surface area contributed by atoms with Crippen molar-refractivity contribution < 1.29 is 14.5 Å². The van der Waals surface area contributed by atoms with Crippen molar-refractivity contribution in [3.63, 3.8) is 0 Å². The Morgan fingerprint density at radius 3 is 2.75 bits per heavy atom. The quantitative estimate of drug-likeness (QED) is 0.219. The molecule has 0 N–H and O–H groups in total. The zero-order valence-corrected chi connectivity index (χ0v) is 17.3. The van der Waals surface area contributed by atoms with Crippen LogP contribution in [0.25, 0.3) is 5.52 Å². The third-order valence-corrected chi connectivity index (χ3v) is 5.89. The highest BCUT2D eigenvalue weighted by molar-refractivity contribution is 14.1. The van der Waals surface area contributed by atoms with Crippen molar-refractivity contribution in [2.45, 2.75) is 18.8 Å². The minimum Gasteiger partial charge on any atom is -0.462 e. The molecular formula is C18H14ClIN4O4. The third kappa shape index (κ3) is 3.55. The molecule has 1 aromatic carbocycles. The van der Waals surface area contributed by atoms with E-state index in [1.165, 1.54) is 24.3 Å². The van der Waals surface area contributed by atoms with E-state index in [2.05, 4.69) is 32.6 Å². The second-order valence-electron chi connectivity index (χ2n) is 6.63. The molecule has 28 heavy (non-hydrogen) atoms. The number of hydrogen-bond acceptors (Lipinski definition) is 6. The van der Waals surface area contributed by atoms with Crippen molar-refractivity contribution in [3.8, 4) is 0 Å². The Kier molecular flexibility index (Phi) is 5.19. The number of ether oxygens (including phenoxy) is 1. The van der Waals surface area contributed by atoms with Gasteiger partial charge in [0.1, 0.15) is 15.0 Å². The highest BCUT2D eigenvalue weighted by atomic mass is 127. The van der Waals surface area contributed by atoms with E-state index < -0.39 is 10.9 Å². The van der Waals surface area contributed by atoms with Crippen LogP contribution in [0, 0.1) is 19.7 Å². The summed E-state index contributed by atoms with van der Waals surface area (Å²) in [5.74, 6) is 1.01. The summed E-state index contributed by atoms with van der Waals surface area (Å²) in [6.07, 6.45) is 5.23. The highest BCUT2D eigenvalue weighted by Crippen LogP contribution is 2.42. The number of imidazole rings is 1. The fraction of sp³-hybridized carbons (Fsp3) is 0.278. The molecule has 1 aliphatic rings. The lowest BCUT2D eigenvalue weighted by molar-refractivity contribution is -0.384. The van der Waals surface area contributed by atoms with Gasteiger partial charge in [-0.15, -0.1) is 0 Å². The number of carbonyl (C=O) groups excluding carboxylic acids is 1. The van der Waals surface area contributed by atoms with Gasteiger partial charge in [0.25, 0.3) is 5.69 Å². The summed E-state index contributed by atoms with van der Waals surface area (Å²) in [7, 11) is 0. The van der Waals surface area contributed by atoms with Gasteiger partial charge < -0.3 is 4.74 Å². The second-order valence-corrected chi connectivity index (χ2v) is 8.01. The Morgan fingerprint density at radius 2 is 2.07 bits per heavy atom. The number of nitrogens with zero attached hydrogens (tertiary/aromatic N) is 4. The van der Waals surface area contributed by atoms with Crippen LogP contribution in [-0.2, 0) is 4.74 Å². The number of esters is 1. The van der Waals surface area contributed by atoms with Crippen molar-refractivity contribution in [2.24, 2.45) is 5.92 Å². The van der Waals surface area contributed by atoms with Crippen LogP contribution in [0.15, 0.2) is 36.7 Å². The Labute approximate surface area is 178 Å². The predicted octanol–water partition coefficient (Wildman–Crippen LogP) is 4.25. The van der Waals surface area contributed by atoms with Gasteiger partial charge in [-0.1, -0.05) is 11.6 Å². The molecule has 1 fully saturated rings. The van der Waals surface area contributed by atoms with E-state index in [1.54, 1.807) is 6.20 Å². The molecule has 4 rings (SSSR count). The number of rotatable bonds is 5. The molecule has 2 aromatic heterocycles. The van der Waals surface area contributed by atoms with Crippen LogP contribution in [0.3, 0.4) is 0 Å². The first kappa shape index (κ1) is 19.1. The fourth-order valence-electron chi connectivity index (χ4n) is 3.35. The number of benzene rings is 1. The number of non-ortho nitro benzene ring substituents is 1. The summed E-state index contributed by atoms with van der Waals surface area (Å²) in [5, 5.41) is 11.1. The predicted molar refractivity (Wildman–Crippen MR) is 110 cm³/mol. The van der Waals surface area contributed by atoms with E-state index in [1.807, 2.05) is 10.6 Å². The number of nitro benzene ring substituents is 1. The average molecular weight is 513 g/mol. The SMILES string of the molecule is O=C(OCC1CC(c2nc(I)c3c(Cl)nccn23)C1)c1ccc([N+](=O)[O-])cc1. The van der Waals surface area contributed by atoms with Gasteiger partial charge in [0.15, 0.2) is 5.15 Å². The minimum atomic E-state index is -0.507. The first-order valence-corrected chi connectivity index (χ1v) is 9.99. The Bertz CT molecular complexity index is 1060. The smallest absolute Gasteiger partial charge is 0.338 e. The molecule has 1 saturated carbocycles. The van der Waals surface area contributed by atoms with E-state index in [-0.39, 0.29) is 17.5 Å². The number of hydrogen-bond donors (Lipinski definition) is 0. The number of fused-ring (bicyclic) bond motifs is 1. The average Bonchev–Trinajstić information content (AvgIpc) is 2.98. The monoisotopic (exact) mass is 512 g/mol. The molecule has 0 atom stereocenters. The molecule has 0 saturated heterocycles. The van der Waals surface area contributed by atoms with E-state index in [0.29, 0.717) is 17.3 Å². The molecule has 0 spiro atoms. The van der Waals surface area contributed by atoms with Crippen molar-refractivity contribution in [2.75, 3.05) is 6.61 Å². The first-order chi connectivity index (χ1) is 13.4. The zero-order chi connectivity index (χ0) is 19.8. The van der Waals surface area contributed by atoms with Crippen molar-refractivity contribution in [1.82, 2.24) is 14.4 Å². The van der Waals surface area contributed by atoms with Gasteiger partial charge in [-0.2, -0.15) is 0 Å². The van der Waals surface area contributed by atoms with Gasteiger partial charge in [-0.05, 0) is 53.5 Å². The summed E-state index contributed by atoms with van der Waals surface area (Å²) in [4.78, 5) is 31.0.